The van der Waals surface area contributed by atoms with Crippen molar-refractivity contribution >= 4 is 0 Å². The molecule has 3 heterocycles. The van der Waals surface area contributed by atoms with E-state index in [9.17, 15) is 0 Å². The van der Waals surface area contributed by atoms with Crippen LogP contribution in [0.1, 0.15) is 66.9 Å². The fourth-order valence-electron chi connectivity index (χ4n) is 3.78. The summed E-state index contributed by atoms with van der Waals surface area (Å²) in [5.41, 5.74) is 10.0. The molecular formula is C26H35N5O2. The lowest BCUT2D eigenvalue weighted by atomic mass is 10.1. The van der Waals surface area contributed by atoms with Crippen molar-refractivity contribution in [2.45, 2.75) is 66.3 Å². The molecule has 7 heteroatoms. The summed E-state index contributed by atoms with van der Waals surface area (Å²) in [7, 11) is 1.66. The van der Waals surface area contributed by atoms with E-state index in [-0.39, 0.29) is 6.04 Å². The summed E-state index contributed by atoms with van der Waals surface area (Å²) in [5.74, 6) is 1.55. The van der Waals surface area contributed by atoms with E-state index in [1.165, 1.54) is 5.56 Å². The van der Waals surface area contributed by atoms with Gasteiger partial charge in [0.2, 0.25) is 0 Å². The average molecular weight is 450 g/mol. The molecule has 7 nitrogen and oxygen atoms in total. The van der Waals surface area contributed by atoms with Crippen molar-refractivity contribution in [3.63, 3.8) is 0 Å². The van der Waals surface area contributed by atoms with E-state index in [4.69, 9.17) is 14.6 Å². The Balaban J connectivity index is 1.51. The molecule has 0 saturated carbocycles. The summed E-state index contributed by atoms with van der Waals surface area (Å²) < 4.78 is 5.36. The second-order valence-electron chi connectivity index (χ2n) is 8.32. The van der Waals surface area contributed by atoms with Gasteiger partial charge in [-0.25, -0.2) is 9.97 Å². The second-order valence-corrected chi connectivity index (χ2v) is 8.32. The summed E-state index contributed by atoms with van der Waals surface area (Å²) in [6, 6.07) is 9.76. The van der Waals surface area contributed by atoms with Crippen LogP contribution in [0.15, 0.2) is 30.3 Å². The molecule has 0 radical (unpaired) electrons. The molecule has 3 rings (SSSR count). The Labute approximate surface area is 197 Å². The first-order valence-corrected chi connectivity index (χ1v) is 11.6. The zero-order valence-corrected chi connectivity index (χ0v) is 20.6. The van der Waals surface area contributed by atoms with E-state index >= 15 is 0 Å². The molecule has 0 aliphatic heterocycles. The Morgan fingerprint density at radius 3 is 2.39 bits per heavy atom. The maximum atomic E-state index is 5.70. The Morgan fingerprint density at radius 1 is 0.939 bits per heavy atom. The minimum Gasteiger partial charge on any atom is -0.497 e. The van der Waals surface area contributed by atoms with Crippen LogP contribution in [0.4, 0.5) is 0 Å². The maximum absolute atomic E-state index is 5.70. The van der Waals surface area contributed by atoms with Gasteiger partial charge < -0.3 is 9.57 Å². The van der Waals surface area contributed by atoms with Crippen molar-refractivity contribution in [3.8, 4) is 17.1 Å². The minimum atomic E-state index is -0.0816. The Hall–Kier alpha value is -2.90. The van der Waals surface area contributed by atoms with Crippen LogP contribution in [0.3, 0.4) is 0 Å². The third-order valence-electron chi connectivity index (χ3n) is 5.50. The van der Waals surface area contributed by atoms with Crippen LogP contribution in [-0.2, 0) is 17.7 Å². The van der Waals surface area contributed by atoms with Gasteiger partial charge in [0.05, 0.1) is 31.1 Å². The van der Waals surface area contributed by atoms with Crippen LogP contribution in [0.2, 0.25) is 0 Å². The molecule has 3 aromatic heterocycles. The first-order valence-electron chi connectivity index (χ1n) is 11.6. The van der Waals surface area contributed by atoms with Crippen LogP contribution in [0.25, 0.3) is 11.4 Å². The summed E-state index contributed by atoms with van der Waals surface area (Å²) in [5, 5.41) is 0. The molecule has 3 aromatic rings. The van der Waals surface area contributed by atoms with Gasteiger partial charge in [0.1, 0.15) is 11.6 Å². The lowest BCUT2D eigenvalue weighted by molar-refractivity contribution is 0.0163. The highest BCUT2D eigenvalue weighted by Crippen LogP contribution is 2.22. The first-order chi connectivity index (χ1) is 15.9. The van der Waals surface area contributed by atoms with Gasteiger partial charge in [-0.1, -0.05) is 19.4 Å². The van der Waals surface area contributed by atoms with Gasteiger partial charge in [-0.3, -0.25) is 9.97 Å². The molecule has 0 saturated heterocycles. The molecule has 0 spiro atoms. The summed E-state index contributed by atoms with van der Waals surface area (Å²) >= 11 is 0. The number of hydrogen-bond acceptors (Lipinski definition) is 7. The number of methoxy groups -OCH3 is 1. The van der Waals surface area contributed by atoms with Crippen molar-refractivity contribution in [2.75, 3.05) is 13.7 Å². The Kier molecular flexibility index (Phi) is 8.86. The molecule has 1 N–H and O–H groups in total. The minimum absolute atomic E-state index is 0.0816. The third-order valence-corrected chi connectivity index (χ3v) is 5.50. The van der Waals surface area contributed by atoms with Gasteiger partial charge in [-0.15, -0.1) is 0 Å². The zero-order chi connectivity index (χ0) is 23.8. The standard InChI is InChI=1S/C26H35N5O2/c1-7-10-23-18(3)28-26(29-19(23)4)20(5)31-33-14-9-12-21-11-8-13-24(30-21)25-16-22(32-6)15-17(2)27-25/h8,11,13,15-16,20,31H,7,9-10,12,14H2,1-6H3. The van der Waals surface area contributed by atoms with Crippen LogP contribution in [-0.4, -0.2) is 33.7 Å². The van der Waals surface area contributed by atoms with Crippen molar-refractivity contribution in [1.29, 1.82) is 0 Å². The van der Waals surface area contributed by atoms with Crippen molar-refractivity contribution in [2.24, 2.45) is 0 Å². The quantitative estimate of drug-likeness (QED) is 0.324. The highest BCUT2D eigenvalue weighted by atomic mass is 16.6. The van der Waals surface area contributed by atoms with Gasteiger partial charge in [0.25, 0.3) is 0 Å². The van der Waals surface area contributed by atoms with Crippen molar-refractivity contribution in [3.05, 3.63) is 64.5 Å². The molecule has 0 fully saturated rings. The summed E-state index contributed by atoms with van der Waals surface area (Å²) in [6.07, 6.45) is 3.76. The number of ether oxygens (including phenoxy) is 1. The van der Waals surface area contributed by atoms with Gasteiger partial charge in [0.15, 0.2) is 0 Å². The third kappa shape index (κ3) is 6.79. The Bertz CT molecular complexity index is 1050. The SMILES string of the molecule is CCCc1c(C)nc(C(C)NOCCCc2cccc(-c3cc(OC)cc(C)n3)n2)nc1C. The lowest BCUT2D eigenvalue weighted by Gasteiger charge is -2.16. The molecule has 176 valence electrons. The predicted molar refractivity (Wildman–Crippen MR) is 130 cm³/mol. The van der Waals surface area contributed by atoms with E-state index < -0.39 is 0 Å². The topological polar surface area (TPSA) is 82.1 Å². The van der Waals surface area contributed by atoms with E-state index in [0.29, 0.717) is 6.61 Å². The fourth-order valence-corrected chi connectivity index (χ4v) is 3.78. The Morgan fingerprint density at radius 2 is 1.70 bits per heavy atom. The number of aromatic nitrogens is 4. The van der Waals surface area contributed by atoms with E-state index in [1.54, 1.807) is 7.11 Å². The van der Waals surface area contributed by atoms with Crippen molar-refractivity contribution in [1.82, 2.24) is 25.4 Å². The molecule has 0 aliphatic carbocycles. The maximum Gasteiger partial charge on any atom is 0.147 e. The molecule has 33 heavy (non-hydrogen) atoms. The summed E-state index contributed by atoms with van der Waals surface area (Å²) in [6.45, 7) is 10.8. The number of nitrogens with zero attached hydrogens (tertiary/aromatic N) is 4. The van der Waals surface area contributed by atoms with Gasteiger partial charge in [-0.05, 0) is 64.7 Å². The average Bonchev–Trinajstić information content (AvgIpc) is 2.80. The van der Waals surface area contributed by atoms with E-state index in [0.717, 1.165) is 71.4 Å². The van der Waals surface area contributed by atoms with Crippen LogP contribution < -0.4 is 10.2 Å². The monoisotopic (exact) mass is 449 g/mol. The van der Waals surface area contributed by atoms with Crippen LogP contribution >= 0.6 is 0 Å². The number of hydroxylamine groups is 1. The van der Waals surface area contributed by atoms with Gasteiger partial charge in [0, 0.05) is 34.9 Å². The fraction of sp³-hybridized carbons (Fsp3) is 0.462. The molecule has 1 unspecified atom stereocenters. The molecular weight excluding hydrogens is 414 g/mol. The highest BCUT2D eigenvalue weighted by Gasteiger charge is 2.13. The number of rotatable bonds is 11. The van der Waals surface area contributed by atoms with Gasteiger partial charge in [-0.2, -0.15) is 5.48 Å². The van der Waals surface area contributed by atoms with Crippen LogP contribution in [0, 0.1) is 20.8 Å². The number of aryl methyl sites for hydroxylation is 4. The lowest BCUT2D eigenvalue weighted by Crippen LogP contribution is -2.23. The number of nitrogens with one attached hydrogen (secondary N) is 1. The highest BCUT2D eigenvalue weighted by molar-refractivity contribution is 5.57. The summed E-state index contributed by atoms with van der Waals surface area (Å²) in [4.78, 5) is 24.4. The largest absolute Gasteiger partial charge is 0.497 e. The van der Waals surface area contributed by atoms with E-state index in [2.05, 4.69) is 41.2 Å². The predicted octanol–water partition coefficient (Wildman–Crippen LogP) is 5.03. The molecule has 0 aromatic carbocycles. The molecule has 0 bridgehead atoms. The smallest absolute Gasteiger partial charge is 0.147 e. The zero-order valence-electron chi connectivity index (χ0n) is 20.6. The number of pyridine rings is 2. The normalized spacial score (nSPS) is 12.1. The molecule has 0 aliphatic rings. The first kappa shape index (κ1) is 24.7. The molecule has 1 atom stereocenters. The van der Waals surface area contributed by atoms with Crippen molar-refractivity contribution < 1.29 is 9.57 Å². The van der Waals surface area contributed by atoms with Crippen LogP contribution in [0.5, 0.6) is 5.75 Å². The second kappa shape index (κ2) is 11.8. The van der Waals surface area contributed by atoms with Gasteiger partial charge >= 0.3 is 0 Å². The molecule has 0 amide bonds. The van der Waals surface area contributed by atoms with E-state index in [1.807, 2.05) is 44.2 Å². The number of hydrogen-bond donors (Lipinski definition) is 1.